The summed E-state index contributed by atoms with van der Waals surface area (Å²) in [6, 6.07) is 1.39. The second-order valence-electron chi connectivity index (χ2n) is 2.67. The lowest BCUT2D eigenvalue weighted by Crippen LogP contribution is -2.26. The largest absolute Gasteiger partial charge is 0.481 e. The number of carboxylic acid groups (broad SMARTS) is 1. The van der Waals surface area contributed by atoms with E-state index in [2.05, 4.69) is 4.98 Å². The Hall–Kier alpha value is -1.36. The molecule has 1 heterocycles. The van der Waals surface area contributed by atoms with Crippen molar-refractivity contribution in [2.24, 2.45) is 0 Å². The minimum Gasteiger partial charge on any atom is -0.481 e. The Kier molecular flexibility index (Phi) is 3.24. The molecule has 1 rings (SSSR count). The van der Waals surface area contributed by atoms with Crippen LogP contribution in [-0.4, -0.2) is 20.6 Å². The third-order valence-electron chi connectivity index (χ3n) is 1.71. The highest BCUT2D eigenvalue weighted by atomic mass is 35.5. The van der Waals surface area contributed by atoms with Gasteiger partial charge in [0.2, 0.25) is 0 Å². The van der Waals surface area contributed by atoms with Gasteiger partial charge in [0.1, 0.15) is 5.15 Å². The van der Waals surface area contributed by atoms with Gasteiger partial charge < -0.3 is 5.11 Å². The van der Waals surface area contributed by atoms with Gasteiger partial charge in [0.25, 0.3) is 0 Å². The standard InChI is InChI=1S/C8H9ClN2O3/c1-2-11-5(4-7(12)13)3-6(9)10-8(11)14/h3H,2,4H2,1H3,(H,12,13). The van der Waals surface area contributed by atoms with E-state index in [0.717, 1.165) is 0 Å². The molecule has 1 N–H and O–H groups in total. The fourth-order valence-electron chi connectivity index (χ4n) is 1.16. The molecule has 0 aromatic carbocycles. The van der Waals surface area contributed by atoms with Crippen LogP contribution in [0.4, 0.5) is 0 Å². The van der Waals surface area contributed by atoms with Gasteiger partial charge in [0.05, 0.1) is 6.42 Å². The van der Waals surface area contributed by atoms with Gasteiger partial charge in [-0.05, 0) is 13.0 Å². The first kappa shape index (κ1) is 10.7. The zero-order valence-electron chi connectivity index (χ0n) is 7.53. The van der Waals surface area contributed by atoms with E-state index in [1.165, 1.54) is 10.6 Å². The molecule has 0 atom stereocenters. The Balaban J connectivity index is 3.25. The van der Waals surface area contributed by atoms with Crippen molar-refractivity contribution >= 4 is 17.6 Å². The number of halogens is 1. The van der Waals surface area contributed by atoms with Gasteiger partial charge >= 0.3 is 11.7 Å². The first-order valence-electron chi connectivity index (χ1n) is 4.02. The molecule has 0 bridgehead atoms. The first-order valence-corrected chi connectivity index (χ1v) is 4.40. The number of aliphatic carboxylic acids is 1. The van der Waals surface area contributed by atoms with Crippen LogP contribution in [0, 0.1) is 0 Å². The van der Waals surface area contributed by atoms with Gasteiger partial charge in [-0.1, -0.05) is 11.6 Å². The number of hydrogen-bond donors (Lipinski definition) is 1. The maximum absolute atomic E-state index is 11.2. The van der Waals surface area contributed by atoms with Gasteiger partial charge in [-0.3, -0.25) is 9.36 Å². The number of aromatic nitrogens is 2. The van der Waals surface area contributed by atoms with Crippen LogP contribution >= 0.6 is 11.6 Å². The Morgan fingerprint density at radius 3 is 2.86 bits per heavy atom. The summed E-state index contributed by atoms with van der Waals surface area (Å²) in [6.45, 7) is 2.12. The lowest BCUT2D eigenvalue weighted by Gasteiger charge is -2.07. The molecule has 1 aromatic heterocycles. The number of hydrogen-bond acceptors (Lipinski definition) is 3. The van der Waals surface area contributed by atoms with E-state index >= 15 is 0 Å². The Morgan fingerprint density at radius 2 is 2.36 bits per heavy atom. The maximum atomic E-state index is 11.2. The fourth-order valence-corrected chi connectivity index (χ4v) is 1.36. The molecule has 0 aliphatic carbocycles. The van der Waals surface area contributed by atoms with Crippen LogP contribution in [0.5, 0.6) is 0 Å². The molecular weight excluding hydrogens is 208 g/mol. The van der Waals surface area contributed by atoms with Crippen molar-refractivity contribution in [3.8, 4) is 0 Å². The molecular formula is C8H9ClN2O3. The molecule has 76 valence electrons. The van der Waals surface area contributed by atoms with Crippen LogP contribution in [0.25, 0.3) is 0 Å². The van der Waals surface area contributed by atoms with Gasteiger partial charge in [-0.2, -0.15) is 4.98 Å². The maximum Gasteiger partial charge on any atom is 0.349 e. The lowest BCUT2D eigenvalue weighted by molar-refractivity contribution is -0.136. The van der Waals surface area contributed by atoms with Crippen LogP contribution < -0.4 is 5.69 Å². The first-order chi connectivity index (χ1) is 6.54. The summed E-state index contributed by atoms with van der Waals surface area (Å²) in [4.78, 5) is 25.2. The molecule has 0 aliphatic heterocycles. The monoisotopic (exact) mass is 216 g/mol. The van der Waals surface area contributed by atoms with Crippen LogP contribution in [0.3, 0.4) is 0 Å². The van der Waals surface area contributed by atoms with E-state index in [1.54, 1.807) is 6.92 Å². The van der Waals surface area contributed by atoms with Crippen LogP contribution in [0.2, 0.25) is 5.15 Å². The Bertz CT molecular complexity index is 414. The number of carboxylic acids is 1. The van der Waals surface area contributed by atoms with Crippen molar-refractivity contribution in [1.82, 2.24) is 9.55 Å². The minimum absolute atomic E-state index is 0.0240. The van der Waals surface area contributed by atoms with Crippen molar-refractivity contribution in [2.45, 2.75) is 19.9 Å². The van der Waals surface area contributed by atoms with Gasteiger partial charge in [0.15, 0.2) is 0 Å². The van der Waals surface area contributed by atoms with Gasteiger partial charge in [-0.15, -0.1) is 0 Å². The molecule has 6 heteroatoms. The average molecular weight is 217 g/mol. The molecule has 0 fully saturated rings. The Labute approximate surface area is 85.0 Å². The van der Waals surface area contributed by atoms with E-state index in [4.69, 9.17) is 16.7 Å². The molecule has 1 aromatic rings. The summed E-state index contributed by atoms with van der Waals surface area (Å²) in [7, 11) is 0. The van der Waals surface area contributed by atoms with Gasteiger partial charge in [-0.25, -0.2) is 4.79 Å². The van der Waals surface area contributed by atoms with E-state index in [-0.39, 0.29) is 11.6 Å². The van der Waals surface area contributed by atoms with Crippen molar-refractivity contribution in [1.29, 1.82) is 0 Å². The SMILES string of the molecule is CCn1c(CC(=O)O)cc(Cl)nc1=O. The summed E-state index contributed by atoms with van der Waals surface area (Å²) < 4.78 is 1.28. The molecule has 0 unspecified atom stereocenters. The average Bonchev–Trinajstić information content (AvgIpc) is 2.01. The van der Waals surface area contributed by atoms with Crippen LogP contribution in [0.15, 0.2) is 10.9 Å². The van der Waals surface area contributed by atoms with E-state index in [1.807, 2.05) is 0 Å². The molecule has 0 saturated heterocycles. The van der Waals surface area contributed by atoms with E-state index in [9.17, 15) is 9.59 Å². The molecule has 0 spiro atoms. The predicted molar refractivity (Wildman–Crippen MR) is 50.5 cm³/mol. The summed E-state index contributed by atoms with van der Waals surface area (Å²) in [5.74, 6) is -1.01. The molecule has 14 heavy (non-hydrogen) atoms. The van der Waals surface area contributed by atoms with Crippen molar-refractivity contribution in [3.63, 3.8) is 0 Å². The van der Waals surface area contributed by atoms with Crippen LogP contribution in [0.1, 0.15) is 12.6 Å². The molecule has 0 aliphatic rings. The van der Waals surface area contributed by atoms with Crippen molar-refractivity contribution in [3.05, 3.63) is 27.4 Å². The predicted octanol–water partition coefficient (Wildman–Crippen LogP) is 0.544. The number of nitrogens with zero attached hydrogens (tertiary/aromatic N) is 2. The highest BCUT2D eigenvalue weighted by Gasteiger charge is 2.08. The summed E-state index contributed by atoms with van der Waals surface area (Å²) in [5, 5.41) is 8.61. The normalized spacial score (nSPS) is 10.1. The van der Waals surface area contributed by atoms with Crippen molar-refractivity contribution < 1.29 is 9.90 Å². The summed E-state index contributed by atoms with van der Waals surface area (Å²) in [5.41, 5.74) is -0.152. The topological polar surface area (TPSA) is 72.2 Å². The van der Waals surface area contributed by atoms with E-state index in [0.29, 0.717) is 12.2 Å². The lowest BCUT2D eigenvalue weighted by atomic mass is 10.3. The minimum atomic E-state index is -1.01. The number of carbonyl (C=O) groups is 1. The molecule has 0 saturated carbocycles. The zero-order chi connectivity index (χ0) is 10.7. The third-order valence-corrected chi connectivity index (χ3v) is 1.91. The molecule has 0 radical (unpaired) electrons. The fraction of sp³-hybridized carbons (Fsp3) is 0.375. The number of rotatable bonds is 3. The Morgan fingerprint density at radius 1 is 1.71 bits per heavy atom. The smallest absolute Gasteiger partial charge is 0.349 e. The zero-order valence-corrected chi connectivity index (χ0v) is 8.28. The molecule has 0 amide bonds. The second-order valence-corrected chi connectivity index (χ2v) is 3.05. The van der Waals surface area contributed by atoms with Gasteiger partial charge in [0, 0.05) is 12.2 Å². The van der Waals surface area contributed by atoms with E-state index < -0.39 is 11.7 Å². The third kappa shape index (κ3) is 2.32. The summed E-state index contributed by atoms with van der Waals surface area (Å²) in [6.07, 6.45) is -0.231. The molecule has 5 nitrogen and oxygen atoms in total. The highest BCUT2D eigenvalue weighted by molar-refractivity contribution is 6.29. The quantitative estimate of drug-likeness (QED) is 0.749. The summed E-state index contributed by atoms with van der Waals surface area (Å²) >= 11 is 5.55. The highest BCUT2D eigenvalue weighted by Crippen LogP contribution is 2.05. The van der Waals surface area contributed by atoms with Crippen LogP contribution in [-0.2, 0) is 17.8 Å². The second kappa shape index (κ2) is 4.23. The van der Waals surface area contributed by atoms with Crippen molar-refractivity contribution in [2.75, 3.05) is 0 Å².